The Hall–Kier alpha value is -0.900. The van der Waals surface area contributed by atoms with Crippen LogP contribution in [0.4, 0.5) is 0 Å². The number of nitrogens with one attached hydrogen (secondary N) is 1. The third-order valence-electron chi connectivity index (χ3n) is 5.25. The number of ketones is 1. The molecule has 0 amide bonds. The van der Waals surface area contributed by atoms with Crippen LogP contribution in [0.15, 0.2) is 18.2 Å². The predicted octanol–water partition coefficient (Wildman–Crippen LogP) is 4.29. The molecule has 0 spiro atoms. The van der Waals surface area contributed by atoms with Crippen molar-refractivity contribution < 1.29 is 9.53 Å². The molecule has 2 saturated heterocycles. The van der Waals surface area contributed by atoms with Crippen molar-refractivity contribution in [3.63, 3.8) is 0 Å². The fraction of sp³-hybridized carbons (Fsp3) is 0.650. The molecule has 4 heteroatoms. The van der Waals surface area contributed by atoms with Gasteiger partial charge in [-0.3, -0.25) is 4.79 Å². The summed E-state index contributed by atoms with van der Waals surface area (Å²) in [5, 5.41) is 4.03. The molecule has 24 heavy (non-hydrogen) atoms. The molecule has 1 N–H and O–H groups in total. The molecule has 0 aromatic heterocycles. The Morgan fingerprint density at radius 2 is 2.00 bits per heavy atom. The minimum atomic E-state index is -0.333. The summed E-state index contributed by atoms with van der Waals surface area (Å²) in [6.45, 7) is 9.81. The normalized spacial score (nSPS) is 19.8. The molecular formula is C20H30ClNO2. The first-order chi connectivity index (χ1) is 11.5. The van der Waals surface area contributed by atoms with E-state index in [1.54, 1.807) is 6.92 Å². The van der Waals surface area contributed by atoms with E-state index in [0.717, 1.165) is 56.2 Å². The van der Waals surface area contributed by atoms with Gasteiger partial charge in [-0.15, -0.1) is 0 Å². The zero-order chi connectivity index (χ0) is 17.6. The molecule has 0 bridgehead atoms. The fourth-order valence-electron chi connectivity index (χ4n) is 3.63. The van der Waals surface area contributed by atoms with E-state index in [1.165, 1.54) is 12.8 Å². The van der Waals surface area contributed by atoms with Crippen LogP contribution >= 0.6 is 11.6 Å². The van der Waals surface area contributed by atoms with Crippen LogP contribution in [-0.2, 0) is 14.9 Å². The molecule has 134 valence electrons. The molecule has 2 aliphatic heterocycles. The molecule has 2 heterocycles. The smallest absolute Gasteiger partial charge is 0.140 e. The summed E-state index contributed by atoms with van der Waals surface area (Å²) in [7, 11) is 0. The van der Waals surface area contributed by atoms with Gasteiger partial charge in [-0.05, 0) is 69.5 Å². The van der Waals surface area contributed by atoms with E-state index < -0.39 is 0 Å². The first kappa shape index (κ1) is 19.4. The summed E-state index contributed by atoms with van der Waals surface area (Å²) < 4.78 is 4.99. The second-order valence-electron chi connectivity index (χ2n) is 7.04. The number of benzene rings is 1. The first-order valence-electron chi connectivity index (χ1n) is 9.05. The van der Waals surface area contributed by atoms with Gasteiger partial charge in [0.25, 0.3) is 0 Å². The van der Waals surface area contributed by atoms with Crippen LogP contribution in [0.1, 0.15) is 50.7 Å². The number of Topliss-reactive ketones (excluding diaryl/α,β-unsaturated/α-hetero) is 1. The highest BCUT2D eigenvalue weighted by Gasteiger charge is 2.39. The Kier molecular flexibility index (Phi) is 7.27. The monoisotopic (exact) mass is 351 g/mol. The standard InChI is InChI=1S/C14H18ClNO.C6H12O/c1-10-3-4-12(15)9-13(10)14(11(2)17)5-7-16-8-6-14;1-2-3-6-4-7-5-6/h3-4,9,16H,5-8H2,1-2H3;6H,2-5H2,1H3. The molecule has 1 aromatic rings. The van der Waals surface area contributed by atoms with E-state index in [-0.39, 0.29) is 11.2 Å². The average Bonchev–Trinajstić information content (AvgIpc) is 2.54. The lowest BCUT2D eigenvalue weighted by molar-refractivity contribution is -0.123. The third-order valence-corrected chi connectivity index (χ3v) is 5.49. The molecule has 2 fully saturated rings. The predicted molar refractivity (Wildman–Crippen MR) is 99.9 cm³/mol. The van der Waals surface area contributed by atoms with Crippen LogP contribution in [0.3, 0.4) is 0 Å². The number of rotatable bonds is 4. The van der Waals surface area contributed by atoms with Crippen LogP contribution in [0, 0.1) is 12.8 Å². The summed E-state index contributed by atoms with van der Waals surface area (Å²) in [6, 6.07) is 5.85. The maximum atomic E-state index is 12.1. The number of carbonyl (C=O) groups excluding carboxylic acids is 1. The van der Waals surface area contributed by atoms with Gasteiger partial charge >= 0.3 is 0 Å². The van der Waals surface area contributed by atoms with Crippen LogP contribution in [0.5, 0.6) is 0 Å². The SMILES string of the molecule is CC(=O)C1(c2cc(Cl)ccc2C)CCNCC1.CCCC1COC1. The largest absolute Gasteiger partial charge is 0.381 e. The van der Waals surface area contributed by atoms with E-state index in [4.69, 9.17) is 16.3 Å². The molecule has 2 aliphatic rings. The summed E-state index contributed by atoms with van der Waals surface area (Å²) in [4.78, 5) is 12.1. The summed E-state index contributed by atoms with van der Waals surface area (Å²) in [5.41, 5.74) is 1.94. The van der Waals surface area contributed by atoms with Crippen LogP contribution in [-0.4, -0.2) is 32.1 Å². The number of piperidine rings is 1. The van der Waals surface area contributed by atoms with E-state index in [2.05, 4.69) is 19.2 Å². The fourth-order valence-corrected chi connectivity index (χ4v) is 3.81. The van der Waals surface area contributed by atoms with Gasteiger partial charge < -0.3 is 10.1 Å². The van der Waals surface area contributed by atoms with Crippen molar-refractivity contribution in [3.05, 3.63) is 34.3 Å². The molecule has 0 atom stereocenters. The Labute approximate surface area is 151 Å². The highest BCUT2D eigenvalue weighted by Crippen LogP contribution is 2.37. The van der Waals surface area contributed by atoms with Crippen LogP contribution in [0.2, 0.25) is 5.02 Å². The molecule has 0 saturated carbocycles. The Morgan fingerprint density at radius 3 is 2.46 bits per heavy atom. The van der Waals surface area contributed by atoms with Gasteiger partial charge in [-0.25, -0.2) is 0 Å². The number of hydrogen-bond donors (Lipinski definition) is 1. The second kappa shape index (κ2) is 8.98. The highest BCUT2D eigenvalue weighted by atomic mass is 35.5. The summed E-state index contributed by atoms with van der Waals surface area (Å²) in [6.07, 6.45) is 4.40. The van der Waals surface area contributed by atoms with Gasteiger partial charge in [0.2, 0.25) is 0 Å². The number of aryl methyl sites for hydroxylation is 1. The van der Waals surface area contributed by atoms with Gasteiger partial charge in [0, 0.05) is 10.9 Å². The minimum Gasteiger partial charge on any atom is -0.381 e. The number of hydrogen-bond acceptors (Lipinski definition) is 3. The molecule has 3 nitrogen and oxygen atoms in total. The molecule has 0 aliphatic carbocycles. The lowest BCUT2D eigenvalue weighted by Crippen LogP contribution is -2.45. The van der Waals surface area contributed by atoms with Crippen molar-refractivity contribution in [1.29, 1.82) is 0 Å². The lowest BCUT2D eigenvalue weighted by Gasteiger charge is -2.37. The highest BCUT2D eigenvalue weighted by molar-refractivity contribution is 6.30. The topological polar surface area (TPSA) is 38.3 Å². The number of halogens is 1. The molecule has 0 unspecified atom stereocenters. The van der Waals surface area contributed by atoms with Gasteiger partial charge in [0.15, 0.2) is 0 Å². The second-order valence-corrected chi connectivity index (χ2v) is 7.48. The van der Waals surface area contributed by atoms with Crippen molar-refractivity contribution in [2.45, 2.75) is 51.9 Å². The average molecular weight is 352 g/mol. The molecule has 3 rings (SSSR count). The van der Waals surface area contributed by atoms with Gasteiger partial charge in [0.05, 0.1) is 18.6 Å². The van der Waals surface area contributed by atoms with Crippen molar-refractivity contribution in [2.75, 3.05) is 26.3 Å². The number of carbonyl (C=O) groups is 1. The molecular weight excluding hydrogens is 322 g/mol. The van der Waals surface area contributed by atoms with E-state index in [9.17, 15) is 4.79 Å². The Bertz CT molecular complexity index is 549. The van der Waals surface area contributed by atoms with Crippen molar-refractivity contribution in [2.24, 2.45) is 5.92 Å². The summed E-state index contributed by atoms with van der Waals surface area (Å²) in [5.74, 6) is 1.16. The Morgan fingerprint density at radius 1 is 1.33 bits per heavy atom. The van der Waals surface area contributed by atoms with Crippen LogP contribution < -0.4 is 5.32 Å². The van der Waals surface area contributed by atoms with Gasteiger partial charge in [0.1, 0.15) is 5.78 Å². The zero-order valence-electron chi connectivity index (χ0n) is 15.2. The maximum absolute atomic E-state index is 12.1. The van der Waals surface area contributed by atoms with Crippen LogP contribution in [0.25, 0.3) is 0 Å². The van der Waals surface area contributed by atoms with Crippen molar-refractivity contribution in [1.82, 2.24) is 5.32 Å². The molecule has 1 aromatic carbocycles. The minimum absolute atomic E-state index is 0.254. The van der Waals surface area contributed by atoms with Crippen molar-refractivity contribution >= 4 is 17.4 Å². The third kappa shape index (κ3) is 4.59. The van der Waals surface area contributed by atoms with Crippen molar-refractivity contribution in [3.8, 4) is 0 Å². The quantitative estimate of drug-likeness (QED) is 0.879. The maximum Gasteiger partial charge on any atom is 0.140 e. The zero-order valence-corrected chi connectivity index (χ0v) is 15.9. The summed E-state index contributed by atoms with van der Waals surface area (Å²) >= 11 is 6.08. The van der Waals surface area contributed by atoms with E-state index in [0.29, 0.717) is 5.02 Å². The number of ether oxygens (including phenoxy) is 1. The van der Waals surface area contributed by atoms with E-state index in [1.807, 2.05) is 18.2 Å². The van der Waals surface area contributed by atoms with E-state index >= 15 is 0 Å². The molecule has 0 radical (unpaired) electrons. The lowest BCUT2D eigenvalue weighted by atomic mass is 9.69. The first-order valence-corrected chi connectivity index (χ1v) is 9.43. The Balaban J connectivity index is 0.000000249. The van der Waals surface area contributed by atoms with Gasteiger partial charge in [-0.2, -0.15) is 0 Å². The van der Waals surface area contributed by atoms with Gasteiger partial charge in [-0.1, -0.05) is 31.0 Å².